The van der Waals surface area contributed by atoms with Gasteiger partial charge in [0, 0.05) is 18.8 Å². The van der Waals surface area contributed by atoms with Gasteiger partial charge in [-0.3, -0.25) is 0 Å². The largest absolute Gasteiger partial charge is 0.373 e. The molecule has 6 heteroatoms. The number of pyridine rings is 1. The molecule has 0 atom stereocenters. The Kier molecular flexibility index (Phi) is 4.10. The monoisotopic (exact) mass is 283 g/mol. The summed E-state index contributed by atoms with van der Waals surface area (Å²) in [5, 5.41) is 2.87. The van der Waals surface area contributed by atoms with Crippen molar-refractivity contribution in [2.24, 2.45) is 0 Å². The molecule has 1 aromatic heterocycles. The van der Waals surface area contributed by atoms with Crippen LogP contribution >= 0.6 is 0 Å². The molecule has 0 saturated heterocycles. The number of nitrogens with one attached hydrogen (secondary N) is 2. The number of nitrogens with zero attached hydrogens (tertiary/aromatic N) is 1. The first-order valence-electron chi connectivity index (χ1n) is 6.63. The molecule has 0 amide bonds. The predicted molar refractivity (Wildman–Crippen MR) is 75.6 cm³/mol. The van der Waals surface area contributed by atoms with E-state index in [4.69, 9.17) is 0 Å². The van der Waals surface area contributed by atoms with Crippen molar-refractivity contribution < 1.29 is 8.42 Å². The maximum absolute atomic E-state index is 12.3. The van der Waals surface area contributed by atoms with Gasteiger partial charge in [0.05, 0.1) is 0 Å². The van der Waals surface area contributed by atoms with Gasteiger partial charge in [-0.15, -0.1) is 0 Å². The molecule has 2 rings (SSSR count). The second-order valence-electron chi connectivity index (χ2n) is 5.36. The number of sulfonamides is 1. The first-order chi connectivity index (χ1) is 8.95. The van der Waals surface area contributed by atoms with E-state index in [9.17, 15) is 8.42 Å². The van der Waals surface area contributed by atoms with Gasteiger partial charge in [0.25, 0.3) is 0 Å². The summed E-state index contributed by atoms with van der Waals surface area (Å²) < 4.78 is 27.5. The molecule has 1 aliphatic rings. The maximum atomic E-state index is 12.3. The van der Waals surface area contributed by atoms with E-state index < -0.39 is 10.0 Å². The van der Waals surface area contributed by atoms with Crippen LogP contribution in [0, 0.1) is 0 Å². The van der Waals surface area contributed by atoms with Gasteiger partial charge in [0.2, 0.25) is 10.0 Å². The maximum Gasteiger partial charge on any atom is 0.242 e. The van der Waals surface area contributed by atoms with Crippen LogP contribution in [0.1, 0.15) is 39.0 Å². The minimum Gasteiger partial charge on any atom is -0.373 e. The lowest BCUT2D eigenvalue weighted by molar-refractivity contribution is 0.294. The van der Waals surface area contributed by atoms with E-state index in [-0.39, 0.29) is 10.4 Å². The molecule has 2 N–H and O–H groups in total. The summed E-state index contributed by atoms with van der Waals surface area (Å²) in [6, 6.07) is 3.24. The molecule has 0 radical (unpaired) electrons. The van der Waals surface area contributed by atoms with Gasteiger partial charge in [-0.1, -0.05) is 19.3 Å². The summed E-state index contributed by atoms with van der Waals surface area (Å²) >= 11 is 0. The van der Waals surface area contributed by atoms with Crippen molar-refractivity contribution in [2.75, 3.05) is 12.4 Å². The molecule has 0 aliphatic heterocycles. The average molecular weight is 283 g/mol. The highest BCUT2D eigenvalue weighted by molar-refractivity contribution is 7.89. The molecule has 0 unspecified atom stereocenters. The van der Waals surface area contributed by atoms with Crippen LogP contribution in [0.25, 0.3) is 0 Å². The quantitative estimate of drug-likeness (QED) is 0.888. The lowest BCUT2D eigenvalue weighted by atomic mass is 9.84. The van der Waals surface area contributed by atoms with Gasteiger partial charge in [-0.2, -0.15) is 0 Å². The molecule has 1 aliphatic carbocycles. The molecule has 0 aromatic carbocycles. The van der Waals surface area contributed by atoms with Gasteiger partial charge in [-0.05, 0) is 31.9 Å². The summed E-state index contributed by atoms with van der Waals surface area (Å²) in [5.74, 6) is 0.655. The molecule has 1 fully saturated rings. The third-order valence-electron chi connectivity index (χ3n) is 3.64. The summed E-state index contributed by atoms with van der Waals surface area (Å²) in [5.41, 5.74) is -0.321. The molecule has 0 bridgehead atoms. The van der Waals surface area contributed by atoms with E-state index >= 15 is 0 Å². The molecule has 19 heavy (non-hydrogen) atoms. The summed E-state index contributed by atoms with van der Waals surface area (Å²) in [6.07, 6.45) is 6.53. The molecule has 0 spiro atoms. The van der Waals surface area contributed by atoms with Crippen molar-refractivity contribution in [1.29, 1.82) is 0 Å². The number of aromatic nitrogens is 1. The Bertz CT molecular complexity index is 519. The average Bonchev–Trinajstić information content (AvgIpc) is 2.38. The second kappa shape index (κ2) is 5.46. The van der Waals surface area contributed by atoms with E-state index in [0.29, 0.717) is 5.82 Å². The molecule has 1 saturated carbocycles. The Labute approximate surface area is 114 Å². The Morgan fingerprint density at radius 3 is 2.42 bits per heavy atom. The smallest absolute Gasteiger partial charge is 0.242 e. The van der Waals surface area contributed by atoms with E-state index in [1.54, 1.807) is 19.2 Å². The lowest BCUT2D eigenvalue weighted by Gasteiger charge is -2.34. The van der Waals surface area contributed by atoms with Crippen molar-refractivity contribution in [3.63, 3.8) is 0 Å². The highest BCUT2D eigenvalue weighted by Gasteiger charge is 2.32. The Morgan fingerprint density at radius 1 is 1.21 bits per heavy atom. The summed E-state index contributed by atoms with van der Waals surface area (Å²) in [4.78, 5) is 4.27. The molecule has 1 heterocycles. The highest BCUT2D eigenvalue weighted by atomic mass is 32.2. The van der Waals surface area contributed by atoms with Gasteiger partial charge in [0.1, 0.15) is 10.7 Å². The lowest BCUT2D eigenvalue weighted by Crippen LogP contribution is -2.47. The number of hydrogen-bond donors (Lipinski definition) is 2. The zero-order chi connectivity index (χ0) is 13.9. The Hall–Kier alpha value is -1.14. The molecule has 106 valence electrons. The van der Waals surface area contributed by atoms with Crippen LogP contribution in [0.5, 0.6) is 0 Å². The van der Waals surface area contributed by atoms with Crippen molar-refractivity contribution >= 4 is 15.8 Å². The normalized spacial score (nSPS) is 19.1. The second-order valence-corrected chi connectivity index (χ2v) is 7.04. The van der Waals surface area contributed by atoms with Crippen molar-refractivity contribution in [3.8, 4) is 0 Å². The van der Waals surface area contributed by atoms with Gasteiger partial charge >= 0.3 is 0 Å². The van der Waals surface area contributed by atoms with Crippen LogP contribution < -0.4 is 10.0 Å². The topological polar surface area (TPSA) is 71.1 Å². The standard InChI is InChI=1S/C13H21N3O2S/c1-13(8-4-3-5-9-13)16-19(17,18)11-6-7-12(14-2)15-10-11/h6-7,10,16H,3-5,8-9H2,1-2H3,(H,14,15). The van der Waals surface area contributed by atoms with Crippen molar-refractivity contribution in [2.45, 2.75) is 49.5 Å². The van der Waals surface area contributed by atoms with E-state index in [1.807, 2.05) is 6.92 Å². The first kappa shape index (κ1) is 14.3. The number of rotatable bonds is 4. The number of hydrogen-bond acceptors (Lipinski definition) is 4. The van der Waals surface area contributed by atoms with Crippen molar-refractivity contribution in [1.82, 2.24) is 9.71 Å². The SMILES string of the molecule is CNc1ccc(S(=O)(=O)NC2(C)CCCCC2)cn1. The van der Waals surface area contributed by atoms with Crippen LogP contribution in [0.2, 0.25) is 0 Å². The minimum absolute atomic E-state index is 0.221. The highest BCUT2D eigenvalue weighted by Crippen LogP contribution is 2.29. The van der Waals surface area contributed by atoms with Crippen LogP contribution in [0.15, 0.2) is 23.2 Å². The summed E-state index contributed by atoms with van der Waals surface area (Å²) in [6.45, 7) is 1.99. The third-order valence-corrected chi connectivity index (χ3v) is 5.26. The van der Waals surface area contributed by atoms with Crippen LogP contribution in [-0.4, -0.2) is 26.0 Å². The fourth-order valence-electron chi connectivity index (χ4n) is 2.50. The van der Waals surface area contributed by atoms with Crippen LogP contribution in [0.3, 0.4) is 0 Å². The fourth-order valence-corrected chi connectivity index (χ4v) is 3.91. The van der Waals surface area contributed by atoms with Gasteiger partial charge in [0.15, 0.2) is 0 Å². The molecular weight excluding hydrogens is 262 g/mol. The Morgan fingerprint density at radius 2 is 1.89 bits per heavy atom. The number of anilines is 1. The first-order valence-corrected chi connectivity index (χ1v) is 8.11. The third kappa shape index (κ3) is 3.45. The van der Waals surface area contributed by atoms with Crippen LogP contribution in [-0.2, 0) is 10.0 Å². The predicted octanol–water partition coefficient (Wildman–Crippen LogP) is 2.12. The van der Waals surface area contributed by atoms with Crippen molar-refractivity contribution in [3.05, 3.63) is 18.3 Å². The molecular formula is C13H21N3O2S. The van der Waals surface area contributed by atoms with Gasteiger partial charge < -0.3 is 5.32 Å². The zero-order valence-corrected chi connectivity index (χ0v) is 12.3. The zero-order valence-electron chi connectivity index (χ0n) is 11.4. The minimum atomic E-state index is -3.48. The Balaban J connectivity index is 2.17. The fraction of sp³-hybridized carbons (Fsp3) is 0.615. The molecule has 1 aromatic rings. The van der Waals surface area contributed by atoms with Crippen LogP contribution in [0.4, 0.5) is 5.82 Å². The summed E-state index contributed by atoms with van der Waals surface area (Å²) in [7, 11) is -1.74. The van der Waals surface area contributed by atoms with E-state index in [2.05, 4.69) is 15.0 Å². The molecule has 5 nitrogen and oxygen atoms in total. The van der Waals surface area contributed by atoms with E-state index in [0.717, 1.165) is 25.7 Å². The van der Waals surface area contributed by atoms with Gasteiger partial charge in [-0.25, -0.2) is 18.1 Å². The van der Waals surface area contributed by atoms with E-state index in [1.165, 1.54) is 12.6 Å².